The molecule has 2 aromatic rings. The average molecular weight is 351 g/mol. The summed E-state index contributed by atoms with van der Waals surface area (Å²) in [5, 5.41) is 3.33. The molecule has 2 nitrogen and oxygen atoms in total. The van der Waals surface area contributed by atoms with Crippen molar-refractivity contribution in [1.82, 2.24) is 5.32 Å². The van der Waals surface area contributed by atoms with Crippen molar-refractivity contribution in [2.75, 3.05) is 18.0 Å². The molecule has 0 saturated heterocycles. The monoisotopic (exact) mass is 350 g/mol. The SMILES string of the molecule is CCNCc1ccc(Br)cc1N(CC)c1ccccc1F. The van der Waals surface area contributed by atoms with Gasteiger partial charge in [-0.15, -0.1) is 0 Å². The fraction of sp³-hybridized carbons (Fsp3) is 0.294. The van der Waals surface area contributed by atoms with E-state index in [2.05, 4.69) is 34.2 Å². The van der Waals surface area contributed by atoms with Crippen LogP contribution < -0.4 is 10.2 Å². The second kappa shape index (κ2) is 7.57. The summed E-state index contributed by atoms with van der Waals surface area (Å²) >= 11 is 3.51. The lowest BCUT2D eigenvalue weighted by Crippen LogP contribution is -2.21. The fourth-order valence-corrected chi connectivity index (χ4v) is 2.69. The van der Waals surface area contributed by atoms with Crippen LogP contribution >= 0.6 is 15.9 Å². The molecule has 0 aromatic heterocycles. The Morgan fingerprint density at radius 3 is 2.52 bits per heavy atom. The molecule has 1 N–H and O–H groups in total. The number of para-hydroxylation sites is 1. The van der Waals surface area contributed by atoms with Gasteiger partial charge < -0.3 is 10.2 Å². The van der Waals surface area contributed by atoms with Crippen molar-refractivity contribution < 1.29 is 4.39 Å². The Morgan fingerprint density at radius 2 is 1.86 bits per heavy atom. The zero-order chi connectivity index (χ0) is 15.2. The molecule has 0 fully saturated rings. The Labute approximate surface area is 134 Å². The van der Waals surface area contributed by atoms with Crippen LogP contribution in [-0.4, -0.2) is 13.1 Å². The first-order valence-corrected chi connectivity index (χ1v) is 7.97. The average Bonchev–Trinajstić information content (AvgIpc) is 2.49. The summed E-state index contributed by atoms with van der Waals surface area (Å²) in [6.07, 6.45) is 0. The smallest absolute Gasteiger partial charge is 0.146 e. The van der Waals surface area contributed by atoms with E-state index in [0.29, 0.717) is 12.2 Å². The number of halogens is 2. The molecular formula is C17H20BrFN2. The Morgan fingerprint density at radius 1 is 1.10 bits per heavy atom. The first kappa shape index (κ1) is 16.0. The maximum absolute atomic E-state index is 14.1. The van der Waals surface area contributed by atoms with Crippen LogP contribution in [0.4, 0.5) is 15.8 Å². The molecule has 0 heterocycles. The van der Waals surface area contributed by atoms with E-state index in [4.69, 9.17) is 0 Å². The van der Waals surface area contributed by atoms with Crippen molar-refractivity contribution in [3.8, 4) is 0 Å². The van der Waals surface area contributed by atoms with E-state index in [1.54, 1.807) is 6.07 Å². The minimum atomic E-state index is -0.200. The molecule has 0 bridgehead atoms. The lowest BCUT2D eigenvalue weighted by molar-refractivity contribution is 0.625. The van der Waals surface area contributed by atoms with Gasteiger partial charge in [0, 0.05) is 23.2 Å². The van der Waals surface area contributed by atoms with E-state index in [1.807, 2.05) is 36.1 Å². The maximum atomic E-state index is 14.1. The van der Waals surface area contributed by atoms with Gasteiger partial charge in [0.05, 0.1) is 5.69 Å². The second-order valence-electron chi connectivity index (χ2n) is 4.75. The molecule has 21 heavy (non-hydrogen) atoms. The van der Waals surface area contributed by atoms with E-state index in [-0.39, 0.29) is 5.82 Å². The molecular weight excluding hydrogens is 331 g/mol. The summed E-state index contributed by atoms with van der Waals surface area (Å²) in [4.78, 5) is 2.01. The summed E-state index contributed by atoms with van der Waals surface area (Å²) in [5.74, 6) is -0.200. The van der Waals surface area contributed by atoms with E-state index >= 15 is 0 Å². The summed E-state index contributed by atoms with van der Waals surface area (Å²) in [5.41, 5.74) is 2.79. The molecule has 0 amide bonds. The first-order valence-electron chi connectivity index (χ1n) is 7.18. The summed E-state index contributed by atoms with van der Waals surface area (Å²) < 4.78 is 15.1. The molecule has 0 aliphatic heterocycles. The van der Waals surface area contributed by atoms with Crippen molar-refractivity contribution >= 4 is 27.3 Å². The molecule has 0 saturated carbocycles. The second-order valence-corrected chi connectivity index (χ2v) is 5.66. The Hall–Kier alpha value is -1.39. The van der Waals surface area contributed by atoms with Gasteiger partial charge in [-0.25, -0.2) is 4.39 Å². The van der Waals surface area contributed by atoms with Gasteiger partial charge in [-0.3, -0.25) is 0 Å². The summed E-state index contributed by atoms with van der Waals surface area (Å²) in [6.45, 7) is 6.49. The summed E-state index contributed by atoms with van der Waals surface area (Å²) in [6, 6.07) is 13.0. The third-order valence-electron chi connectivity index (χ3n) is 3.36. The van der Waals surface area contributed by atoms with Crippen molar-refractivity contribution in [2.45, 2.75) is 20.4 Å². The molecule has 0 atom stereocenters. The normalized spacial score (nSPS) is 10.7. The standard InChI is InChI=1S/C17H20BrFN2/c1-3-20-12-13-9-10-14(18)11-17(13)21(4-2)16-8-6-5-7-15(16)19/h5-11,20H,3-4,12H2,1-2H3. The van der Waals surface area contributed by atoms with Crippen LogP contribution in [0.3, 0.4) is 0 Å². The molecule has 4 heteroatoms. The first-order chi connectivity index (χ1) is 10.2. The van der Waals surface area contributed by atoms with Gasteiger partial charge in [0.2, 0.25) is 0 Å². The number of hydrogen-bond acceptors (Lipinski definition) is 2. The lowest BCUT2D eigenvalue weighted by atomic mass is 10.1. The Kier molecular flexibility index (Phi) is 5.76. The van der Waals surface area contributed by atoms with Gasteiger partial charge in [0.15, 0.2) is 0 Å². The number of nitrogens with one attached hydrogen (secondary N) is 1. The Bertz CT molecular complexity index is 601. The highest BCUT2D eigenvalue weighted by Gasteiger charge is 2.15. The molecule has 112 valence electrons. The van der Waals surface area contributed by atoms with E-state index in [9.17, 15) is 4.39 Å². The maximum Gasteiger partial charge on any atom is 0.146 e. The highest BCUT2D eigenvalue weighted by Crippen LogP contribution is 2.32. The zero-order valence-electron chi connectivity index (χ0n) is 12.4. The fourth-order valence-electron chi connectivity index (χ4n) is 2.34. The largest absolute Gasteiger partial charge is 0.339 e. The number of anilines is 2. The van der Waals surface area contributed by atoms with Crippen LogP contribution in [0.1, 0.15) is 19.4 Å². The predicted molar refractivity (Wildman–Crippen MR) is 90.6 cm³/mol. The molecule has 2 aromatic carbocycles. The molecule has 0 spiro atoms. The highest BCUT2D eigenvalue weighted by atomic mass is 79.9. The minimum Gasteiger partial charge on any atom is -0.339 e. The van der Waals surface area contributed by atoms with Gasteiger partial charge in [0.1, 0.15) is 5.82 Å². The Balaban J connectivity index is 2.46. The number of rotatable bonds is 6. The molecule has 2 rings (SSSR count). The van der Waals surface area contributed by atoms with Crippen LogP contribution in [0.5, 0.6) is 0 Å². The quantitative estimate of drug-likeness (QED) is 0.800. The molecule has 0 unspecified atom stereocenters. The van der Waals surface area contributed by atoms with Crippen LogP contribution in [0, 0.1) is 5.82 Å². The van der Waals surface area contributed by atoms with E-state index in [0.717, 1.165) is 28.8 Å². The topological polar surface area (TPSA) is 15.3 Å². The third-order valence-corrected chi connectivity index (χ3v) is 3.86. The van der Waals surface area contributed by atoms with Gasteiger partial charge in [0.25, 0.3) is 0 Å². The van der Waals surface area contributed by atoms with E-state index in [1.165, 1.54) is 6.07 Å². The van der Waals surface area contributed by atoms with Gasteiger partial charge in [-0.1, -0.05) is 41.1 Å². The van der Waals surface area contributed by atoms with Crippen molar-refractivity contribution in [2.24, 2.45) is 0 Å². The number of nitrogens with zero attached hydrogens (tertiary/aromatic N) is 1. The highest BCUT2D eigenvalue weighted by molar-refractivity contribution is 9.10. The van der Waals surface area contributed by atoms with Gasteiger partial charge in [-0.05, 0) is 43.3 Å². The van der Waals surface area contributed by atoms with Crippen LogP contribution in [0.2, 0.25) is 0 Å². The van der Waals surface area contributed by atoms with Gasteiger partial charge >= 0.3 is 0 Å². The van der Waals surface area contributed by atoms with Crippen LogP contribution in [0.15, 0.2) is 46.9 Å². The predicted octanol–water partition coefficient (Wildman–Crippen LogP) is 4.86. The third kappa shape index (κ3) is 3.83. The van der Waals surface area contributed by atoms with Crippen LogP contribution in [0.25, 0.3) is 0 Å². The zero-order valence-corrected chi connectivity index (χ0v) is 14.0. The van der Waals surface area contributed by atoms with E-state index < -0.39 is 0 Å². The number of hydrogen-bond donors (Lipinski definition) is 1. The molecule has 0 aliphatic carbocycles. The number of benzene rings is 2. The van der Waals surface area contributed by atoms with Crippen molar-refractivity contribution in [3.63, 3.8) is 0 Å². The van der Waals surface area contributed by atoms with Crippen LogP contribution in [-0.2, 0) is 6.54 Å². The van der Waals surface area contributed by atoms with Crippen molar-refractivity contribution in [1.29, 1.82) is 0 Å². The lowest BCUT2D eigenvalue weighted by Gasteiger charge is -2.26. The molecule has 0 aliphatic rings. The minimum absolute atomic E-state index is 0.200. The summed E-state index contributed by atoms with van der Waals surface area (Å²) in [7, 11) is 0. The molecule has 0 radical (unpaired) electrons. The van der Waals surface area contributed by atoms with Crippen molar-refractivity contribution in [3.05, 3.63) is 58.3 Å². The van der Waals surface area contributed by atoms with Gasteiger partial charge in [-0.2, -0.15) is 0 Å².